The lowest BCUT2D eigenvalue weighted by Gasteiger charge is -2.12. The Labute approximate surface area is 178 Å². The fourth-order valence-electron chi connectivity index (χ4n) is 4.09. The predicted molar refractivity (Wildman–Crippen MR) is 125 cm³/mol. The fraction of sp³-hybridized carbons (Fsp3) is 0.200. The Kier molecular flexibility index (Phi) is 4.36. The van der Waals surface area contributed by atoms with Crippen molar-refractivity contribution in [3.63, 3.8) is 0 Å². The monoisotopic (exact) mass is 413 g/mol. The molecular weight excluding hydrogens is 390 g/mol. The van der Waals surface area contributed by atoms with E-state index in [2.05, 4.69) is 67.6 Å². The van der Waals surface area contributed by atoms with E-state index in [1.807, 2.05) is 30.3 Å². The van der Waals surface area contributed by atoms with Crippen LogP contribution in [0.15, 0.2) is 59.4 Å². The topological polar surface area (TPSA) is 39.3 Å². The van der Waals surface area contributed by atoms with Gasteiger partial charge in [0.15, 0.2) is 4.96 Å². The van der Waals surface area contributed by atoms with Crippen molar-refractivity contribution in [1.29, 1.82) is 0 Å². The van der Waals surface area contributed by atoms with Crippen LogP contribution in [-0.4, -0.2) is 14.0 Å². The molecule has 0 amide bonds. The number of imidazole rings is 1. The summed E-state index contributed by atoms with van der Waals surface area (Å²) in [7, 11) is 0. The molecule has 0 atom stereocenters. The van der Waals surface area contributed by atoms with Crippen LogP contribution in [0.25, 0.3) is 27.8 Å². The molecule has 0 radical (unpaired) electrons. The third kappa shape index (κ3) is 2.89. The molecule has 5 rings (SSSR count). The van der Waals surface area contributed by atoms with Crippen molar-refractivity contribution in [2.24, 2.45) is 0 Å². The number of hydrogen-bond acceptors (Lipinski definition) is 3. The Hall–Kier alpha value is -3.18. The van der Waals surface area contributed by atoms with Gasteiger partial charge in [0.25, 0.3) is 5.56 Å². The van der Waals surface area contributed by atoms with E-state index in [9.17, 15) is 4.79 Å². The maximum absolute atomic E-state index is 13.1. The van der Waals surface area contributed by atoms with Crippen LogP contribution in [0.3, 0.4) is 0 Å². The molecule has 0 aliphatic carbocycles. The lowest BCUT2D eigenvalue weighted by atomic mass is 10.0. The summed E-state index contributed by atoms with van der Waals surface area (Å²) in [5.41, 5.74) is 7.53. The van der Waals surface area contributed by atoms with Crippen molar-refractivity contribution in [2.45, 2.75) is 33.6 Å². The van der Waals surface area contributed by atoms with E-state index in [1.54, 1.807) is 4.40 Å². The smallest absolute Gasteiger partial charge is 0.274 e. The van der Waals surface area contributed by atoms with Crippen LogP contribution in [0.2, 0.25) is 0 Å². The molecule has 0 N–H and O–H groups in total. The number of hydrogen-bond donors (Lipinski definition) is 0. The quantitative estimate of drug-likeness (QED) is 0.418. The second-order valence-electron chi connectivity index (χ2n) is 8.04. The van der Waals surface area contributed by atoms with Gasteiger partial charge in [0.1, 0.15) is 0 Å². The first kappa shape index (κ1) is 18.8. The molecule has 0 fully saturated rings. The maximum Gasteiger partial charge on any atom is 0.274 e. The molecule has 0 saturated carbocycles. The zero-order chi connectivity index (χ0) is 21.0. The van der Waals surface area contributed by atoms with Gasteiger partial charge in [-0.25, -0.2) is 9.38 Å². The van der Waals surface area contributed by atoms with Gasteiger partial charge in [-0.05, 0) is 67.3 Å². The highest BCUT2D eigenvalue weighted by molar-refractivity contribution is 7.15. The van der Waals surface area contributed by atoms with Crippen LogP contribution in [0, 0.1) is 13.8 Å². The Bertz CT molecular complexity index is 1500. The number of thiazole rings is 1. The highest BCUT2D eigenvalue weighted by Crippen LogP contribution is 2.24. The van der Waals surface area contributed by atoms with E-state index in [4.69, 9.17) is 0 Å². The van der Waals surface area contributed by atoms with Gasteiger partial charge in [-0.1, -0.05) is 49.4 Å². The minimum absolute atomic E-state index is 0.00482. The molecule has 2 aromatic carbocycles. The molecule has 0 bridgehead atoms. The minimum Gasteiger partial charge on any atom is -0.318 e. The molecule has 5 heteroatoms. The zero-order valence-corrected chi connectivity index (χ0v) is 18.3. The standard InChI is InChI=1S/C25H23N3OS/c1-15(2)18-9-11-20(12-10-18)27-16(3)13-19(17(27)4)14-23-24(29)28-22-8-6-5-7-21(22)26-25(28)30-23/h5-15H,1-4H3/b23-14-. The number of rotatable bonds is 3. The maximum atomic E-state index is 13.1. The summed E-state index contributed by atoms with van der Waals surface area (Å²) in [4.78, 5) is 18.4. The zero-order valence-electron chi connectivity index (χ0n) is 17.5. The minimum atomic E-state index is -0.00482. The van der Waals surface area contributed by atoms with E-state index in [-0.39, 0.29) is 5.56 Å². The number of fused-ring (bicyclic) bond motifs is 3. The highest BCUT2D eigenvalue weighted by atomic mass is 32.1. The summed E-state index contributed by atoms with van der Waals surface area (Å²) in [6.07, 6.45) is 2.00. The number of benzene rings is 2. The average molecular weight is 414 g/mol. The Morgan fingerprint density at radius 2 is 1.77 bits per heavy atom. The summed E-state index contributed by atoms with van der Waals surface area (Å²) >= 11 is 1.44. The van der Waals surface area contributed by atoms with Gasteiger partial charge in [0.2, 0.25) is 0 Å². The molecule has 3 aromatic heterocycles. The number of nitrogens with zero attached hydrogens (tertiary/aromatic N) is 3. The third-order valence-electron chi connectivity index (χ3n) is 5.72. The molecule has 30 heavy (non-hydrogen) atoms. The van der Waals surface area contributed by atoms with Gasteiger partial charge in [-0.3, -0.25) is 4.79 Å². The van der Waals surface area contributed by atoms with Crippen LogP contribution in [0.1, 0.15) is 42.3 Å². The first-order valence-electron chi connectivity index (χ1n) is 10.1. The Balaban J connectivity index is 1.64. The van der Waals surface area contributed by atoms with Crippen molar-refractivity contribution in [1.82, 2.24) is 14.0 Å². The molecule has 5 aromatic rings. The van der Waals surface area contributed by atoms with Crippen molar-refractivity contribution in [3.8, 4) is 5.69 Å². The van der Waals surface area contributed by atoms with E-state index < -0.39 is 0 Å². The van der Waals surface area contributed by atoms with Crippen molar-refractivity contribution in [2.75, 3.05) is 0 Å². The lowest BCUT2D eigenvalue weighted by Crippen LogP contribution is -2.22. The van der Waals surface area contributed by atoms with Gasteiger partial charge in [-0.2, -0.15) is 0 Å². The first-order chi connectivity index (χ1) is 14.4. The van der Waals surface area contributed by atoms with Crippen LogP contribution in [0.5, 0.6) is 0 Å². The molecule has 150 valence electrons. The molecule has 0 aliphatic rings. The van der Waals surface area contributed by atoms with Crippen molar-refractivity contribution >= 4 is 33.4 Å². The number of para-hydroxylation sites is 2. The molecular formula is C25H23N3OS. The molecule has 0 saturated heterocycles. The van der Waals surface area contributed by atoms with E-state index in [1.165, 1.54) is 16.9 Å². The normalized spacial score (nSPS) is 12.6. The van der Waals surface area contributed by atoms with Crippen LogP contribution in [-0.2, 0) is 0 Å². The highest BCUT2D eigenvalue weighted by Gasteiger charge is 2.13. The van der Waals surface area contributed by atoms with Gasteiger partial charge < -0.3 is 4.57 Å². The van der Waals surface area contributed by atoms with Gasteiger partial charge in [0, 0.05) is 17.1 Å². The summed E-state index contributed by atoms with van der Waals surface area (Å²) in [5.74, 6) is 0.513. The van der Waals surface area contributed by atoms with E-state index in [0.29, 0.717) is 10.5 Å². The number of aromatic nitrogens is 3. The van der Waals surface area contributed by atoms with Crippen LogP contribution >= 0.6 is 11.3 Å². The van der Waals surface area contributed by atoms with Crippen LogP contribution < -0.4 is 10.1 Å². The fourth-order valence-corrected chi connectivity index (χ4v) is 5.07. The summed E-state index contributed by atoms with van der Waals surface area (Å²) in [5, 5.41) is 0. The van der Waals surface area contributed by atoms with Gasteiger partial charge in [0.05, 0.1) is 15.6 Å². The molecule has 3 heterocycles. The molecule has 0 unspecified atom stereocenters. The largest absolute Gasteiger partial charge is 0.318 e. The van der Waals surface area contributed by atoms with E-state index >= 15 is 0 Å². The van der Waals surface area contributed by atoms with Crippen molar-refractivity contribution < 1.29 is 0 Å². The van der Waals surface area contributed by atoms with Crippen LogP contribution in [0.4, 0.5) is 0 Å². The molecule has 0 spiro atoms. The molecule has 0 aliphatic heterocycles. The van der Waals surface area contributed by atoms with E-state index in [0.717, 1.165) is 38.6 Å². The van der Waals surface area contributed by atoms with Crippen molar-refractivity contribution in [3.05, 3.63) is 92.0 Å². The lowest BCUT2D eigenvalue weighted by molar-refractivity contribution is 0.863. The average Bonchev–Trinajstić information content (AvgIpc) is 3.33. The summed E-state index contributed by atoms with van der Waals surface area (Å²) in [6.45, 7) is 8.62. The Morgan fingerprint density at radius 3 is 2.50 bits per heavy atom. The summed E-state index contributed by atoms with van der Waals surface area (Å²) in [6, 6.07) is 18.6. The second-order valence-corrected chi connectivity index (χ2v) is 9.05. The van der Waals surface area contributed by atoms with Gasteiger partial charge in [-0.15, -0.1) is 0 Å². The SMILES string of the molecule is Cc1cc(/C=c2\sc3nc4ccccc4n3c2=O)c(C)n1-c1ccc(C(C)C)cc1. The summed E-state index contributed by atoms with van der Waals surface area (Å²) < 4.78 is 4.67. The van der Waals surface area contributed by atoms with Gasteiger partial charge >= 0.3 is 0 Å². The first-order valence-corrected chi connectivity index (χ1v) is 11.0. The predicted octanol–water partition coefficient (Wildman–Crippen LogP) is 4.99. The number of aryl methyl sites for hydroxylation is 1. The molecule has 4 nitrogen and oxygen atoms in total. The third-order valence-corrected chi connectivity index (χ3v) is 6.69. The second kappa shape index (κ2) is 6.96. The Morgan fingerprint density at radius 1 is 1.03 bits per heavy atom.